The number of carboxylic acid groups (broad SMARTS) is 1. The third kappa shape index (κ3) is 5.83. The molecule has 3 aliphatic carbocycles. The molecule has 0 saturated heterocycles. The van der Waals surface area contributed by atoms with E-state index in [0.717, 1.165) is 30.8 Å². The summed E-state index contributed by atoms with van der Waals surface area (Å²) in [6.07, 6.45) is -1.95. The second-order valence-electron chi connectivity index (χ2n) is 8.80. The van der Waals surface area contributed by atoms with E-state index in [1.807, 2.05) is 25.1 Å². The lowest BCUT2D eigenvalue weighted by atomic mass is 9.36. The number of benzene rings is 2. The Morgan fingerprint density at radius 3 is 2.24 bits per heavy atom. The van der Waals surface area contributed by atoms with Crippen LogP contribution in [-0.4, -0.2) is 23.6 Å². The zero-order valence-electron chi connectivity index (χ0n) is 17.7. The Morgan fingerprint density at radius 2 is 1.73 bits per heavy atom. The van der Waals surface area contributed by atoms with Gasteiger partial charge in [0.05, 0.1) is 5.54 Å². The molecule has 0 unspecified atom stereocenters. The molecular weight excluding hydrogens is 464 g/mol. The zero-order valence-corrected chi connectivity index (χ0v) is 18.5. The first-order valence-electron chi connectivity index (χ1n) is 10.3. The molecule has 0 radical (unpaired) electrons. The van der Waals surface area contributed by atoms with Crippen molar-refractivity contribution in [3.8, 4) is 0 Å². The summed E-state index contributed by atoms with van der Waals surface area (Å²) in [7, 11) is 0. The van der Waals surface area contributed by atoms with E-state index >= 15 is 0 Å². The first-order chi connectivity index (χ1) is 15.3. The molecule has 2 aromatic rings. The number of anilines is 1. The molecule has 5 nitrogen and oxygen atoms in total. The Bertz CT molecular complexity index is 1010. The summed E-state index contributed by atoms with van der Waals surface area (Å²) in [5.41, 5.74) is 2.32. The number of amides is 1. The Balaban J connectivity index is 0.000000383. The summed E-state index contributed by atoms with van der Waals surface area (Å²) in [5.74, 6) is -3.31. The molecule has 1 atom stereocenters. The predicted molar refractivity (Wildman–Crippen MR) is 111 cm³/mol. The second-order valence-corrected chi connectivity index (χ2v) is 9.23. The van der Waals surface area contributed by atoms with Gasteiger partial charge in [-0.3, -0.25) is 4.79 Å². The van der Waals surface area contributed by atoms with Crippen molar-refractivity contribution in [1.82, 2.24) is 0 Å². The first kappa shape index (κ1) is 25.0. The molecule has 2 bridgehead atoms. The van der Waals surface area contributed by atoms with Crippen LogP contribution in [0.15, 0.2) is 48.5 Å². The predicted octanol–water partition coefficient (Wildman–Crippen LogP) is 3.04. The largest absolute Gasteiger partial charge is 0.542 e. The average molecular weight is 487 g/mol. The fourth-order valence-electron chi connectivity index (χ4n) is 4.68. The van der Waals surface area contributed by atoms with Crippen LogP contribution in [0.25, 0.3) is 0 Å². The molecular formula is C23H23ClF4N2O3. The molecule has 10 heteroatoms. The highest BCUT2D eigenvalue weighted by Gasteiger charge is 2.73. The van der Waals surface area contributed by atoms with E-state index in [9.17, 15) is 22.4 Å². The highest BCUT2D eigenvalue weighted by Crippen LogP contribution is 2.68. The second kappa shape index (κ2) is 9.30. The van der Waals surface area contributed by atoms with E-state index < -0.39 is 12.1 Å². The van der Waals surface area contributed by atoms with Crippen molar-refractivity contribution in [2.45, 2.75) is 44.4 Å². The fraction of sp³-hybridized carbons (Fsp3) is 0.391. The summed E-state index contributed by atoms with van der Waals surface area (Å²) in [6, 6.07) is 13.9. The average Bonchev–Trinajstić information content (AvgIpc) is 2.67. The number of carbonyl (C=O) groups excluding carboxylic acids is 2. The molecule has 0 aromatic heterocycles. The van der Waals surface area contributed by atoms with Crippen LogP contribution in [0, 0.1) is 17.2 Å². The number of quaternary nitrogens is 1. The number of carbonyl (C=O) groups is 2. The maximum Gasteiger partial charge on any atom is 0.430 e. The molecule has 3 fully saturated rings. The summed E-state index contributed by atoms with van der Waals surface area (Å²) >= 11 is 6.05. The first-order valence-corrected chi connectivity index (χ1v) is 10.7. The Morgan fingerprint density at radius 1 is 1.15 bits per heavy atom. The van der Waals surface area contributed by atoms with Gasteiger partial charge in [0.2, 0.25) is 5.91 Å². The van der Waals surface area contributed by atoms with Crippen LogP contribution in [0.2, 0.25) is 5.02 Å². The minimum absolute atomic E-state index is 0.0275. The SMILES string of the molecule is C[C@H](C(=O)Nc1ccc(F)cc1)C12CC([NH2+]Cc3cccc(Cl)c3)(C1)C2.O=C([O-])C(F)(F)F. The van der Waals surface area contributed by atoms with Crippen molar-refractivity contribution in [1.29, 1.82) is 0 Å². The number of hydrogen-bond acceptors (Lipinski definition) is 3. The molecule has 0 aliphatic heterocycles. The van der Waals surface area contributed by atoms with Crippen LogP contribution in [0.3, 0.4) is 0 Å². The lowest BCUT2D eigenvalue weighted by Gasteiger charge is -2.69. The van der Waals surface area contributed by atoms with Crippen molar-refractivity contribution in [2.75, 3.05) is 5.32 Å². The lowest BCUT2D eigenvalue weighted by molar-refractivity contribution is -0.788. The number of hydrogen-bond donors (Lipinski definition) is 2. The van der Waals surface area contributed by atoms with Gasteiger partial charge in [-0.1, -0.05) is 30.7 Å². The number of aliphatic carboxylic acids is 1. The summed E-state index contributed by atoms with van der Waals surface area (Å²) in [6.45, 7) is 2.94. The maximum absolute atomic E-state index is 13.0. The molecule has 0 heterocycles. The van der Waals surface area contributed by atoms with Crippen molar-refractivity contribution >= 4 is 29.2 Å². The van der Waals surface area contributed by atoms with Gasteiger partial charge < -0.3 is 20.5 Å². The van der Waals surface area contributed by atoms with Gasteiger partial charge in [-0.2, -0.15) is 13.2 Å². The highest BCUT2D eigenvalue weighted by atomic mass is 35.5. The number of nitrogens with two attached hydrogens (primary N) is 1. The summed E-state index contributed by atoms with van der Waals surface area (Å²) in [5, 5.41) is 14.9. The number of alkyl halides is 3. The number of halogens is 5. The van der Waals surface area contributed by atoms with Gasteiger partial charge in [-0.15, -0.1) is 0 Å². The molecule has 33 heavy (non-hydrogen) atoms. The normalized spacial score (nSPS) is 23.8. The standard InChI is InChI=1S/C21H22ClFN2O.C2HF3O2/c1-14(19(26)25-18-7-5-17(23)6-8-18)20-11-21(12-20,13-20)24-10-15-3-2-4-16(22)9-15;3-2(4,5)1(6)7/h2-9,14,24H,10-13H2,1H3,(H,25,26);(H,6,7)/t14-,20?,21?;/m1./s1. The monoisotopic (exact) mass is 486 g/mol. The van der Waals surface area contributed by atoms with Crippen LogP contribution in [0.4, 0.5) is 23.2 Å². The van der Waals surface area contributed by atoms with Crippen LogP contribution >= 0.6 is 11.6 Å². The van der Waals surface area contributed by atoms with Gasteiger partial charge in [-0.25, -0.2) is 4.39 Å². The van der Waals surface area contributed by atoms with Crippen molar-refractivity contribution in [3.63, 3.8) is 0 Å². The number of rotatable bonds is 6. The Hall–Kier alpha value is -2.65. The van der Waals surface area contributed by atoms with Crippen LogP contribution in [-0.2, 0) is 16.1 Å². The smallest absolute Gasteiger partial charge is 0.430 e. The third-order valence-electron chi connectivity index (χ3n) is 6.43. The number of carboxylic acids is 1. The van der Waals surface area contributed by atoms with Gasteiger partial charge in [-0.05, 0) is 41.8 Å². The van der Waals surface area contributed by atoms with Gasteiger partial charge in [0.25, 0.3) is 0 Å². The van der Waals surface area contributed by atoms with E-state index in [1.54, 1.807) is 12.1 Å². The lowest BCUT2D eigenvalue weighted by Crippen LogP contribution is -3.05. The van der Waals surface area contributed by atoms with Crippen molar-refractivity contribution in [2.24, 2.45) is 11.3 Å². The summed E-state index contributed by atoms with van der Waals surface area (Å²) < 4.78 is 44.5. The van der Waals surface area contributed by atoms with Crippen LogP contribution < -0.4 is 15.7 Å². The van der Waals surface area contributed by atoms with Crippen LogP contribution in [0.5, 0.6) is 0 Å². The van der Waals surface area contributed by atoms with Gasteiger partial charge in [0.15, 0.2) is 0 Å². The maximum atomic E-state index is 13.0. The van der Waals surface area contributed by atoms with E-state index in [0.29, 0.717) is 11.2 Å². The highest BCUT2D eigenvalue weighted by molar-refractivity contribution is 6.30. The fourth-order valence-corrected chi connectivity index (χ4v) is 4.90. The summed E-state index contributed by atoms with van der Waals surface area (Å²) in [4.78, 5) is 21.3. The minimum Gasteiger partial charge on any atom is -0.542 e. The Labute approximate surface area is 193 Å². The van der Waals surface area contributed by atoms with Gasteiger partial charge >= 0.3 is 6.18 Å². The molecule has 2 aromatic carbocycles. The van der Waals surface area contributed by atoms with E-state index in [1.165, 1.54) is 17.7 Å². The molecule has 178 valence electrons. The van der Waals surface area contributed by atoms with Gasteiger partial charge in [0.1, 0.15) is 18.3 Å². The topological polar surface area (TPSA) is 85.8 Å². The molecule has 3 saturated carbocycles. The van der Waals surface area contributed by atoms with E-state index in [4.69, 9.17) is 21.5 Å². The Kier molecular flexibility index (Phi) is 7.04. The van der Waals surface area contributed by atoms with E-state index in [-0.39, 0.29) is 23.1 Å². The van der Waals surface area contributed by atoms with Crippen molar-refractivity contribution < 1.29 is 37.6 Å². The van der Waals surface area contributed by atoms with Gasteiger partial charge in [0, 0.05) is 41.5 Å². The number of nitrogens with one attached hydrogen (secondary N) is 1. The molecule has 1 amide bonds. The zero-order chi connectivity index (χ0) is 24.4. The van der Waals surface area contributed by atoms with Crippen LogP contribution in [0.1, 0.15) is 31.7 Å². The van der Waals surface area contributed by atoms with Crippen molar-refractivity contribution in [3.05, 3.63) is 64.9 Å². The molecule has 3 aliphatic rings. The molecule has 3 N–H and O–H groups in total. The molecule has 5 rings (SSSR count). The molecule has 0 spiro atoms. The third-order valence-corrected chi connectivity index (χ3v) is 6.66. The minimum atomic E-state index is -5.19. The van der Waals surface area contributed by atoms with E-state index in [2.05, 4.69) is 16.7 Å². The quantitative estimate of drug-likeness (QED) is 0.615.